The van der Waals surface area contributed by atoms with Gasteiger partial charge in [-0.25, -0.2) is 0 Å². The van der Waals surface area contributed by atoms with E-state index >= 15 is 0 Å². The van der Waals surface area contributed by atoms with Crippen LogP contribution in [0.3, 0.4) is 0 Å². The SMILES string of the molecule is COc1ccc(CCN(C(=O)C(C(=O)N(C)C)c2ccccc2)c2ccccc2OC(F)(F)F)cc1OC. The molecule has 0 saturated carbocycles. The molecular weight excluding hydrogens is 501 g/mol. The van der Waals surface area contributed by atoms with Gasteiger partial charge in [0.1, 0.15) is 5.92 Å². The highest BCUT2D eigenvalue weighted by Gasteiger charge is 2.37. The van der Waals surface area contributed by atoms with E-state index in [0.29, 0.717) is 17.1 Å². The molecule has 0 aromatic heterocycles. The summed E-state index contributed by atoms with van der Waals surface area (Å²) >= 11 is 0. The third-order valence-corrected chi connectivity index (χ3v) is 5.79. The molecular formula is C28H29F3N2O5. The van der Waals surface area contributed by atoms with Crippen LogP contribution in [-0.2, 0) is 16.0 Å². The number of nitrogens with zero attached hydrogens (tertiary/aromatic N) is 2. The largest absolute Gasteiger partial charge is 0.573 e. The number of methoxy groups -OCH3 is 2. The third kappa shape index (κ3) is 6.96. The van der Waals surface area contributed by atoms with Gasteiger partial charge in [-0.05, 0) is 41.8 Å². The molecule has 3 rings (SSSR count). The van der Waals surface area contributed by atoms with Crippen LogP contribution in [0.4, 0.5) is 18.9 Å². The molecule has 202 valence electrons. The lowest BCUT2D eigenvalue weighted by Gasteiger charge is -2.30. The number of alkyl halides is 3. The third-order valence-electron chi connectivity index (χ3n) is 5.79. The lowest BCUT2D eigenvalue weighted by Crippen LogP contribution is -2.43. The fraction of sp³-hybridized carbons (Fsp3) is 0.286. The van der Waals surface area contributed by atoms with Crippen LogP contribution in [0.5, 0.6) is 17.2 Å². The van der Waals surface area contributed by atoms with Crippen molar-refractivity contribution < 1.29 is 37.0 Å². The molecule has 3 aromatic rings. The fourth-order valence-corrected chi connectivity index (χ4v) is 3.97. The first kappa shape index (κ1) is 28.4. The first-order chi connectivity index (χ1) is 18.1. The zero-order valence-electron chi connectivity index (χ0n) is 21.5. The van der Waals surface area contributed by atoms with Gasteiger partial charge >= 0.3 is 6.36 Å². The smallest absolute Gasteiger partial charge is 0.493 e. The maximum Gasteiger partial charge on any atom is 0.573 e. The average molecular weight is 531 g/mol. The highest BCUT2D eigenvalue weighted by molar-refractivity contribution is 6.12. The quantitative estimate of drug-likeness (QED) is 0.343. The van der Waals surface area contributed by atoms with Crippen LogP contribution in [0.25, 0.3) is 0 Å². The number of ether oxygens (including phenoxy) is 3. The minimum atomic E-state index is -4.98. The summed E-state index contributed by atoms with van der Waals surface area (Å²) in [5.41, 5.74) is 1.05. The average Bonchev–Trinajstić information content (AvgIpc) is 2.89. The Balaban J connectivity index is 2.08. The van der Waals surface area contributed by atoms with Crippen molar-refractivity contribution in [2.45, 2.75) is 18.7 Å². The Morgan fingerprint density at radius 2 is 1.45 bits per heavy atom. The molecule has 0 aliphatic carbocycles. The summed E-state index contributed by atoms with van der Waals surface area (Å²) in [5.74, 6) is -2.05. The van der Waals surface area contributed by atoms with Gasteiger partial charge in [-0.2, -0.15) is 0 Å². The molecule has 3 aromatic carbocycles. The first-order valence-electron chi connectivity index (χ1n) is 11.7. The lowest BCUT2D eigenvalue weighted by atomic mass is 9.95. The van der Waals surface area contributed by atoms with Crippen molar-refractivity contribution in [1.29, 1.82) is 0 Å². The lowest BCUT2D eigenvalue weighted by molar-refractivity contribution is -0.274. The van der Waals surface area contributed by atoms with Crippen LogP contribution >= 0.6 is 0 Å². The summed E-state index contributed by atoms with van der Waals surface area (Å²) in [6, 6.07) is 18.9. The van der Waals surface area contributed by atoms with Gasteiger partial charge in [-0.15, -0.1) is 13.2 Å². The van der Waals surface area contributed by atoms with Gasteiger partial charge in [0.05, 0.1) is 19.9 Å². The first-order valence-corrected chi connectivity index (χ1v) is 11.7. The Bertz CT molecular complexity index is 1250. The summed E-state index contributed by atoms with van der Waals surface area (Å²) < 4.78 is 54.6. The van der Waals surface area contributed by atoms with Gasteiger partial charge in [0.2, 0.25) is 11.8 Å². The van der Waals surface area contributed by atoms with Gasteiger partial charge in [0.25, 0.3) is 0 Å². The van der Waals surface area contributed by atoms with Crippen molar-refractivity contribution in [3.05, 3.63) is 83.9 Å². The molecule has 2 amide bonds. The van der Waals surface area contributed by atoms with Crippen LogP contribution in [0.15, 0.2) is 72.8 Å². The molecule has 0 N–H and O–H groups in total. The summed E-state index contributed by atoms with van der Waals surface area (Å²) in [6.45, 7) is -0.0451. The van der Waals surface area contributed by atoms with Crippen molar-refractivity contribution in [3.63, 3.8) is 0 Å². The van der Waals surface area contributed by atoms with Gasteiger partial charge in [0, 0.05) is 20.6 Å². The zero-order chi connectivity index (χ0) is 27.9. The number of anilines is 1. The van der Waals surface area contributed by atoms with Crippen LogP contribution < -0.4 is 19.1 Å². The summed E-state index contributed by atoms with van der Waals surface area (Å²) in [7, 11) is 6.01. The van der Waals surface area contributed by atoms with E-state index in [0.717, 1.165) is 16.5 Å². The van der Waals surface area contributed by atoms with E-state index in [1.54, 1.807) is 48.5 Å². The highest BCUT2D eigenvalue weighted by Crippen LogP contribution is 2.35. The number of para-hydroxylation sites is 2. The van der Waals surface area contributed by atoms with E-state index < -0.39 is 29.8 Å². The van der Waals surface area contributed by atoms with Crippen LogP contribution in [0.1, 0.15) is 17.0 Å². The molecule has 38 heavy (non-hydrogen) atoms. The fourth-order valence-electron chi connectivity index (χ4n) is 3.97. The number of likely N-dealkylation sites (N-methyl/N-ethyl adjacent to an activating group) is 1. The van der Waals surface area contributed by atoms with Gasteiger partial charge in [0.15, 0.2) is 17.2 Å². The number of amides is 2. The number of rotatable bonds is 10. The Labute approximate surface area is 219 Å². The number of halogens is 3. The molecule has 0 aliphatic heterocycles. The zero-order valence-corrected chi connectivity index (χ0v) is 21.5. The molecule has 0 spiro atoms. The number of benzene rings is 3. The molecule has 0 aliphatic rings. The van der Waals surface area contributed by atoms with Crippen molar-refractivity contribution >= 4 is 17.5 Å². The maximum atomic E-state index is 14.0. The van der Waals surface area contributed by atoms with Crippen molar-refractivity contribution in [1.82, 2.24) is 4.90 Å². The van der Waals surface area contributed by atoms with Crippen LogP contribution in [0.2, 0.25) is 0 Å². The van der Waals surface area contributed by atoms with E-state index in [4.69, 9.17) is 9.47 Å². The standard InChI is InChI=1S/C28H29F3N2O5/c1-32(2)26(34)25(20-10-6-5-7-11-20)27(35)33(21-12-8-9-13-22(21)38-28(29,30)31)17-16-19-14-15-23(36-3)24(18-19)37-4/h5-15,18,25H,16-17H2,1-4H3. The highest BCUT2D eigenvalue weighted by atomic mass is 19.4. The van der Waals surface area contributed by atoms with E-state index in [1.807, 2.05) is 0 Å². The monoisotopic (exact) mass is 530 g/mol. The minimum absolute atomic E-state index is 0.0451. The molecule has 0 radical (unpaired) electrons. The summed E-state index contributed by atoms with van der Waals surface area (Å²) in [6.07, 6.45) is -4.74. The summed E-state index contributed by atoms with van der Waals surface area (Å²) in [5, 5.41) is 0. The van der Waals surface area contributed by atoms with Crippen LogP contribution in [0, 0.1) is 0 Å². The molecule has 0 heterocycles. The molecule has 7 nitrogen and oxygen atoms in total. The normalized spacial score (nSPS) is 11.9. The van der Waals surface area contributed by atoms with E-state index in [1.165, 1.54) is 51.4 Å². The minimum Gasteiger partial charge on any atom is -0.493 e. The Kier molecular flexibility index (Phi) is 9.22. The van der Waals surface area contributed by atoms with Gasteiger partial charge in [-0.3, -0.25) is 9.59 Å². The van der Waals surface area contributed by atoms with E-state index in [-0.39, 0.29) is 18.7 Å². The molecule has 0 fully saturated rings. The van der Waals surface area contributed by atoms with Gasteiger partial charge in [-0.1, -0.05) is 48.5 Å². The maximum absolute atomic E-state index is 14.0. The van der Waals surface area contributed by atoms with Crippen molar-refractivity contribution in [3.8, 4) is 17.2 Å². The Morgan fingerprint density at radius 1 is 0.816 bits per heavy atom. The summed E-state index contributed by atoms with van der Waals surface area (Å²) in [4.78, 5) is 29.7. The molecule has 1 atom stereocenters. The Hall–Kier alpha value is -4.21. The number of hydrogen-bond acceptors (Lipinski definition) is 5. The van der Waals surface area contributed by atoms with Crippen molar-refractivity contribution in [2.75, 3.05) is 39.8 Å². The van der Waals surface area contributed by atoms with Crippen LogP contribution in [-0.4, -0.2) is 57.9 Å². The molecule has 0 saturated heterocycles. The van der Waals surface area contributed by atoms with Crippen molar-refractivity contribution in [2.24, 2.45) is 0 Å². The molecule has 1 unspecified atom stereocenters. The molecule has 0 bridgehead atoms. The number of carbonyl (C=O) groups excluding carboxylic acids is 2. The van der Waals surface area contributed by atoms with E-state index in [2.05, 4.69) is 4.74 Å². The topological polar surface area (TPSA) is 68.3 Å². The number of hydrogen-bond donors (Lipinski definition) is 0. The Morgan fingerprint density at radius 3 is 2.05 bits per heavy atom. The molecule has 10 heteroatoms. The second-order valence-corrected chi connectivity index (χ2v) is 8.52. The second-order valence-electron chi connectivity index (χ2n) is 8.52. The second kappa shape index (κ2) is 12.4. The number of carbonyl (C=O) groups is 2. The predicted octanol–water partition coefficient (Wildman–Crippen LogP) is 5.05. The van der Waals surface area contributed by atoms with Gasteiger partial charge < -0.3 is 24.0 Å². The van der Waals surface area contributed by atoms with E-state index in [9.17, 15) is 22.8 Å². The predicted molar refractivity (Wildman–Crippen MR) is 137 cm³/mol.